The number of halogens is 4. The summed E-state index contributed by atoms with van der Waals surface area (Å²) in [5.74, 6) is -3.06. The molecule has 3 N–H and O–H groups in total. The summed E-state index contributed by atoms with van der Waals surface area (Å²) < 4.78 is 38.5. The van der Waals surface area contributed by atoms with Crippen molar-refractivity contribution < 1.29 is 22.8 Å². The number of anilines is 1. The molecule has 0 bridgehead atoms. The van der Waals surface area contributed by atoms with Crippen molar-refractivity contribution in [2.75, 3.05) is 5.32 Å². The van der Waals surface area contributed by atoms with Crippen LogP contribution in [0.15, 0.2) is 42.6 Å². The van der Waals surface area contributed by atoms with E-state index in [-0.39, 0.29) is 45.5 Å². The third-order valence-electron chi connectivity index (χ3n) is 5.17. The van der Waals surface area contributed by atoms with E-state index in [0.717, 1.165) is 6.20 Å². The van der Waals surface area contributed by atoms with Gasteiger partial charge in [0, 0.05) is 16.8 Å². The van der Waals surface area contributed by atoms with E-state index in [4.69, 9.17) is 17.3 Å². The van der Waals surface area contributed by atoms with E-state index in [0.29, 0.717) is 15.9 Å². The summed E-state index contributed by atoms with van der Waals surface area (Å²) in [5.41, 5.74) is 6.36. The zero-order chi connectivity index (χ0) is 27.6. The number of nitrogens with zero attached hydrogens (tertiary/aromatic N) is 7. The molecular weight excluding hydrogens is 527 g/mol. The van der Waals surface area contributed by atoms with Crippen molar-refractivity contribution >= 4 is 29.1 Å². The first kappa shape index (κ1) is 26.2. The van der Waals surface area contributed by atoms with Gasteiger partial charge in [0.2, 0.25) is 0 Å². The molecule has 0 aliphatic rings. The van der Waals surface area contributed by atoms with Gasteiger partial charge in [-0.25, -0.2) is 9.97 Å². The number of primary amides is 1. The Hall–Kier alpha value is -4.90. The van der Waals surface area contributed by atoms with Crippen LogP contribution in [0, 0.1) is 18.3 Å². The molecule has 0 atom stereocenters. The SMILES string of the molecule is Cc1cc(C#N)cc(C(N)=O)c1NC(=O)c1cnc(Cn2nnc(C(F)(F)F)n2)nc1-c1ccccc1Cl. The van der Waals surface area contributed by atoms with Crippen molar-refractivity contribution in [2.24, 2.45) is 5.73 Å². The Morgan fingerprint density at radius 1 is 1.21 bits per heavy atom. The molecule has 2 aromatic heterocycles. The first-order valence-corrected chi connectivity index (χ1v) is 11.0. The molecule has 0 aliphatic carbocycles. The number of carbonyl (C=O) groups is 2. The second-order valence-electron chi connectivity index (χ2n) is 7.82. The molecule has 0 fully saturated rings. The van der Waals surface area contributed by atoms with E-state index in [1.54, 1.807) is 31.2 Å². The maximum Gasteiger partial charge on any atom is 0.455 e. The molecule has 0 radical (unpaired) electrons. The van der Waals surface area contributed by atoms with Gasteiger partial charge >= 0.3 is 6.18 Å². The first-order chi connectivity index (χ1) is 18.0. The summed E-state index contributed by atoms with van der Waals surface area (Å²) in [6, 6.07) is 11.1. The van der Waals surface area contributed by atoms with Crippen molar-refractivity contribution in [3.63, 3.8) is 0 Å². The number of aryl methyl sites for hydroxylation is 1. The number of nitriles is 1. The van der Waals surface area contributed by atoms with Crippen LogP contribution < -0.4 is 11.1 Å². The highest BCUT2D eigenvalue weighted by atomic mass is 35.5. The first-order valence-electron chi connectivity index (χ1n) is 10.6. The Balaban J connectivity index is 1.76. The van der Waals surface area contributed by atoms with Crippen LogP contribution in [-0.4, -0.2) is 42.0 Å². The molecule has 0 aliphatic heterocycles. The number of benzene rings is 2. The summed E-state index contributed by atoms with van der Waals surface area (Å²) in [7, 11) is 0. The molecule has 11 nitrogen and oxygen atoms in total. The Bertz CT molecular complexity index is 1610. The maximum absolute atomic E-state index is 13.4. The van der Waals surface area contributed by atoms with E-state index in [1.165, 1.54) is 12.1 Å². The average Bonchev–Trinajstić information content (AvgIpc) is 3.34. The third kappa shape index (κ3) is 5.42. The van der Waals surface area contributed by atoms with Gasteiger partial charge < -0.3 is 11.1 Å². The van der Waals surface area contributed by atoms with Crippen molar-refractivity contribution in [3.8, 4) is 17.3 Å². The van der Waals surface area contributed by atoms with Crippen LogP contribution >= 0.6 is 11.6 Å². The molecule has 192 valence electrons. The third-order valence-corrected chi connectivity index (χ3v) is 5.50. The number of nitrogens with one attached hydrogen (secondary N) is 1. The lowest BCUT2D eigenvalue weighted by Crippen LogP contribution is -2.21. The van der Waals surface area contributed by atoms with Gasteiger partial charge in [-0.3, -0.25) is 9.59 Å². The molecule has 0 unspecified atom stereocenters. The zero-order valence-corrected chi connectivity index (χ0v) is 20.0. The van der Waals surface area contributed by atoms with Crippen LogP contribution in [-0.2, 0) is 12.7 Å². The fraction of sp³-hybridized carbons (Fsp3) is 0.130. The zero-order valence-electron chi connectivity index (χ0n) is 19.3. The van der Waals surface area contributed by atoms with Crippen molar-refractivity contribution in [1.82, 2.24) is 30.2 Å². The number of rotatable bonds is 6. The summed E-state index contributed by atoms with van der Waals surface area (Å²) in [4.78, 5) is 34.4. The molecule has 2 aromatic carbocycles. The van der Waals surface area contributed by atoms with Crippen LogP contribution in [0.3, 0.4) is 0 Å². The fourth-order valence-corrected chi connectivity index (χ4v) is 3.69. The number of tetrazole rings is 1. The topological polar surface area (TPSA) is 165 Å². The highest BCUT2D eigenvalue weighted by molar-refractivity contribution is 6.33. The monoisotopic (exact) mass is 541 g/mol. The molecule has 0 saturated heterocycles. The molecule has 2 heterocycles. The Morgan fingerprint density at radius 3 is 2.58 bits per heavy atom. The lowest BCUT2D eigenvalue weighted by Gasteiger charge is -2.15. The smallest absolute Gasteiger partial charge is 0.366 e. The van der Waals surface area contributed by atoms with Gasteiger partial charge in [0.05, 0.1) is 34.1 Å². The van der Waals surface area contributed by atoms with Crippen LogP contribution in [0.1, 0.15) is 43.5 Å². The number of carbonyl (C=O) groups excluding carboxylic acids is 2. The van der Waals surface area contributed by atoms with Gasteiger partial charge in [0.15, 0.2) is 5.82 Å². The summed E-state index contributed by atoms with van der Waals surface area (Å²) in [5, 5.41) is 21.6. The number of hydrogen-bond acceptors (Lipinski definition) is 8. The van der Waals surface area contributed by atoms with Gasteiger partial charge in [-0.15, -0.1) is 10.2 Å². The van der Waals surface area contributed by atoms with Gasteiger partial charge in [-0.1, -0.05) is 29.8 Å². The number of nitrogens with two attached hydrogens (primary N) is 1. The Labute approximate surface area is 217 Å². The molecule has 38 heavy (non-hydrogen) atoms. The predicted octanol–water partition coefficient (Wildman–Crippen LogP) is 3.38. The minimum Gasteiger partial charge on any atom is -0.366 e. The van der Waals surface area contributed by atoms with E-state index in [1.807, 2.05) is 6.07 Å². The van der Waals surface area contributed by atoms with E-state index >= 15 is 0 Å². The minimum atomic E-state index is -4.78. The van der Waals surface area contributed by atoms with Crippen molar-refractivity contribution in [2.45, 2.75) is 19.6 Å². The van der Waals surface area contributed by atoms with Crippen LogP contribution in [0.4, 0.5) is 18.9 Å². The lowest BCUT2D eigenvalue weighted by molar-refractivity contribution is -0.145. The van der Waals surface area contributed by atoms with Crippen LogP contribution in [0.2, 0.25) is 5.02 Å². The van der Waals surface area contributed by atoms with Gasteiger partial charge in [0.25, 0.3) is 17.6 Å². The Morgan fingerprint density at radius 2 is 1.95 bits per heavy atom. The number of alkyl halides is 3. The standard InChI is InChI=1S/C23H15ClF3N9O2/c1-11-6-12(8-28)7-14(20(29)37)18(11)32-21(38)15-9-30-17(10-36-34-22(33-35-36)23(25,26)27)31-19(15)13-4-2-3-5-16(13)24/h2-7,9H,10H2,1H3,(H2,29,37)(H,32,38). The van der Waals surface area contributed by atoms with E-state index in [9.17, 15) is 28.0 Å². The summed E-state index contributed by atoms with van der Waals surface area (Å²) in [6.45, 7) is 1.20. The highest BCUT2D eigenvalue weighted by Crippen LogP contribution is 2.30. The molecule has 4 rings (SSSR count). The van der Waals surface area contributed by atoms with Gasteiger partial charge in [-0.2, -0.15) is 23.2 Å². The van der Waals surface area contributed by atoms with Crippen molar-refractivity contribution in [1.29, 1.82) is 5.26 Å². The van der Waals surface area contributed by atoms with Crippen LogP contribution in [0.25, 0.3) is 11.3 Å². The van der Waals surface area contributed by atoms with E-state index in [2.05, 4.69) is 30.7 Å². The highest BCUT2D eigenvalue weighted by Gasteiger charge is 2.36. The molecule has 2 amide bonds. The summed E-state index contributed by atoms with van der Waals surface area (Å²) >= 11 is 6.34. The number of hydrogen-bond donors (Lipinski definition) is 2. The quantitative estimate of drug-likeness (QED) is 0.375. The second-order valence-corrected chi connectivity index (χ2v) is 8.22. The number of amides is 2. The lowest BCUT2D eigenvalue weighted by atomic mass is 10.0. The molecular formula is C23H15ClF3N9O2. The molecule has 0 saturated carbocycles. The maximum atomic E-state index is 13.4. The largest absolute Gasteiger partial charge is 0.455 e. The molecule has 0 spiro atoms. The Kier molecular flexibility index (Phi) is 7.04. The molecule has 4 aromatic rings. The van der Waals surface area contributed by atoms with Gasteiger partial charge in [-0.05, 0) is 35.9 Å². The average molecular weight is 542 g/mol. The number of aromatic nitrogens is 6. The second kappa shape index (κ2) is 10.2. The fourth-order valence-electron chi connectivity index (χ4n) is 3.46. The minimum absolute atomic E-state index is 0.0324. The van der Waals surface area contributed by atoms with Crippen molar-refractivity contribution in [3.05, 3.63) is 81.5 Å². The van der Waals surface area contributed by atoms with Crippen LogP contribution in [0.5, 0.6) is 0 Å². The normalized spacial score (nSPS) is 11.2. The summed E-state index contributed by atoms with van der Waals surface area (Å²) in [6.07, 6.45) is -3.63. The molecule has 15 heteroatoms. The van der Waals surface area contributed by atoms with Gasteiger partial charge in [0.1, 0.15) is 6.54 Å². The van der Waals surface area contributed by atoms with E-state index < -0.39 is 23.8 Å². The predicted molar refractivity (Wildman–Crippen MR) is 127 cm³/mol.